The van der Waals surface area contributed by atoms with Gasteiger partial charge in [0.1, 0.15) is 5.97 Å². The van der Waals surface area contributed by atoms with Crippen LogP contribution in [0, 0.1) is 0 Å². The van der Waals surface area contributed by atoms with Crippen LogP contribution in [0.4, 0.5) is 0 Å². The molecule has 0 spiro atoms. The number of unbranched alkanes of at least 4 members (excludes halogenated alkanes) is 1. The zero-order valence-electron chi connectivity index (χ0n) is 7.12. The summed E-state index contributed by atoms with van der Waals surface area (Å²) in [6, 6.07) is 0. The molecule has 0 aromatic heterocycles. The standard InChI is InChI=1S/C7H12O4.Li/c1-2-3-4-5-7(10,11)6(8)9;/h2,10-11H,1,3-5H2,(H,8,9);/q;+1/p-1. The molecular weight excluding hydrogens is 155 g/mol. The van der Waals surface area contributed by atoms with Crippen molar-refractivity contribution in [1.82, 2.24) is 0 Å². The molecule has 0 atom stereocenters. The van der Waals surface area contributed by atoms with Crippen molar-refractivity contribution >= 4 is 5.97 Å². The molecule has 64 valence electrons. The number of carboxylic acid groups (broad SMARTS) is 1. The summed E-state index contributed by atoms with van der Waals surface area (Å²) in [6.45, 7) is 3.40. The van der Waals surface area contributed by atoms with Crippen LogP contribution in [0.5, 0.6) is 0 Å². The fraction of sp³-hybridized carbons (Fsp3) is 0.571. The minimum absolute atomic E-state index is 0. The second-order valence-electron chi connectivity index (χ2n) is 2.28. The molecule has 0 heterocycles. The van der Waals surface area contributed by atoms with Crippen molar-refractivity contribution in [3.63, 3.8) is 0 Å². The predicted molar refractivity (Wildman–Crippen MR) is 36.2 cm³/mol. The van der Waals surface area contributed by atoms with Crippen LogP contribution in [0.15, 0.2) is 12.7 Å². The molecule has 0 aliphatic carbocycles. The smallest absolute Gasteiger partial charge is 0.544 e. The van der Waals surface area contributed by atoms with Gasteiger partial charge in [-0.2, -0.15) is 0 Å². The van der Waals surface area contributed by atoms with Gasteiger partial charge in [-0.15, -0.1) is 6.58 Å². The molecule has 0 saturated heterocycles. The molecule has 5 heteroatoms. The number of aliphatic carboxylic acids is 1. The maximum atomic E-state index is 9.98. The van der Waals surface area contributed by atoms with Gasteiger partial charge in [0.15, 0.2) is 0 Å². The third kappa shape index (κ3) is 5.39. The average Bonchev–Trinajstić information content (AvgIpc) is 1.88. The Hall–Kier alpha value is -0.273. The number of aliphatic hydroxyl groups is 2. The largest absolute Gasteiger partial charge is 1.00 e. The van der Waals surface area contributed by atoms with E-state index in [1.807, 2.05) is 0 Å². The van der Waals surface area contributed by atoms with Crippen LogP contribution in [0.25, 0.3) is 0 Å². The molecular formula is C7H11LiO4. The van der Waals surface area contributed by atoms with Gasteiger partial charge < -0.3 is 20.1 Å². The molecule has 0 amide bonds. The Morgan fingerprint density at radius 3 is 2.42 bits per heavy atom. The second kappa shape index (κ2) is 6.27. The van der Waals surface area contributed by atoms with Crippen molar-refractivity contribution in [1.29, 1.82) is 0 Å². The Bertz CT molecular complexity index is 155. The van der Waals surface area contributed by atoms with Crippen LogP contribution in [0.1, 0.15) is 19.3 Å². The molecule has 12 heavy (non-hydrogen) atoms. The van der Waals surface area contributed by atoms with Gasteiger partial charge in [0.05, 0.1) is 0 Å². The van der Waals surface area contributed by atoms with Crippen LogP contribution in [-0.2, 0) is 4.79 Å². The van der Waals surface area contributed by atoms with Gasteiger partial charge in [0, 0.05) is 6.42 Å². The van der Waals surface area contributed by atoms with Crippen molar-refractivity contribution in [3.8, 4) is 0 Å². The minimum atomic E-state index is -2.69. The van der Waals surface area contributed by atoms with E-state index in [2.05, 4.69) is 6.58 Å². The summed E-state index contributed by atoms with van der Waals surface area (Å²) in [5.41, 5.74) is 0. The van der Waals surface area contributed by atoms with Crippen molar-refractivity contribution in [2.24, 2.45) is 0 Å². The molecule has 0 rings (SSSR count). The van der Waals surface area contributed by atoms with Crippen LogP contribution in [0.2, 0.25) is 0 Å². The van der Waals surface area contributed by atoms with E-state index in [4.69, 9.17) is 10.2 Å². The zero-order valence-corrected chi connectivity index (χ0v) is 7.12. The third-order valence-electron chi connectivity index (χ3n) is 1.26. The third-order valence-corrected chi connectivity index (χ3v) is 1.26. The first-order valence-corrected chi connectivity index (χ1v) is 3.28. The van der Waals surface area contributed by atoms with E-state index in [1.165, 1.54) is 0 Å². The number of carbonyl (C=O) groups is 1. The molecule has 2 N–H and O–H groups in total. The second-order valence-corrected chi connectivity index (χ2v) is 2.28. The maximum Gasteiger partial charge on any atom is 1.00 e. The van der Waals surface area contributed by atoms with Gasteiger partial charge in [-0.25, -0.2) is 0 Å². The molecule has 0 fully saturated rings. The topological polar surface area (TPSA) is 80.6 Å². The van der Waals surface area contributed by atoms with Gasteiger partial charge in [0.25, 0.3) is 0 Å². The minimum Gasteiger partial charge on any atom is -0.544 e. The van der Waals surface area contributed by atoms with E-state index < -0.39 is 11.8 Å². The Kier molecular flexibility index (Phi) is 7.45. The summed E-state index contributed by atoms with van der Waals surface area (Å²) in [7, 11) is 0. The van der Waals surface area contributed by atoms with E-state index in [1.54, 1.807) is 6.08 Å². The summed E-state index contributed by atoms with van der Waals surface area (Å²) < 4.78 is 0. The van der Waals surface area contributed by atoms with Gasteiger partial charge in [0.2, 0.25) is 5.79 Å². The normalized spacial score (nSPS) is 10.2. The Morgan fingerprint density at radius 1 is 1.58 bits per heavy atom. The number of hydrogen-bond acceptors (Lipinski definition) is 4. The van der Waals surface area contributed by atoms with E-state index in [9.17, 15) is 9.90 Å². The maximum absolute atomic E-state index is 9.98. The monoisotopic (exact) mass is 166 g/mol. The molecule has 0 aliphatic rings. The van der Waals surface area contributed by atoms with Gasteiger partial charge in [-0.1, -0.05) is 6.08 Å². The molecule has 0 unspecified atom stereocenters. The van der Waals surface area contributed by atoms with E-state index in [-0.39, 0.29) is 25.3 Å². The Labute approximate surface area is 83.1 Å². The summed E-state index contributed by atoms with van der Waals surface area (Å²) in [4.78, 5) is 9.98. The first kappa shape index (κ1) is 14.3. The van der Waals surface area contributed by atoms with Gasteiger partial charge >= 0.3 is 18.9 Å². The van der Waals surface area contributed by atoms with Gasteiger partial charge in [-0.05, 0) is 12.8 Å². The predicted octanol–water partition coefficient (Wildman–Crippen LogP) is -4.22. The summed E-state index contributed by atoms with van der Waals surface area (Å²) in [5, 5.41) is 27.3. The first-order valence-electron chi connectivity index (χ1n) is 3.28. The molecule has 0 aromatic rings. The Morgan fingerprint density at radius 2 is 2.08 bits per heavy atom. The Balaban J connectivity index is 0. The van der Waals surface area contributed by atoms with Crippen LogP contribution >= 0.6 is 0 Å². The van der Waals surface area contributed by atoms with Crippen molar-refractivity contribution in [3.05, 3.63) is 12.7 Å². The fourth-order valence-electron chi connectivity index (χ4n) is 0.595. The summed E-state index contributed by atoms with van der Waals surface area (Å²) in [6.07, 6.45) is 2.26. The van der Waals surface area contributed by atoms with Crippen LogP contribution in [0.3, 0.4) is 0 Å². The van der Waals surface area contributed by atoms with Gasteiger partial charge in [-0.3, -0.25) is 0 Å². The molecule has 0 bridgehead atoms. The van der Waals surface area contributed by atoms with Crippen LogP contribution < -0.4 is 24.0 Å². The number of allylic oxidation sites excluding steroid dienone is 1. The van der Waals surface area contributed by atoms with Crippen molar-refractivity contribution in [2.75, 3.05) is 0 Å². The number of carbonyl (C=O) groups excluding carboxylic acids is 1. The number of rotatable bonds is 5. The molecule has 0 aliphatic heterocycles. The van der Waals surface area contributed by atoms with Crippen molar-refractivity contribution in [2.45, 2.75) is 25.0 Å². The van der Waals surface area contributed by atoms with E-state index in [0.29, 0.717) is 12.8 Å². The zero-order chi connectivity index (χ0) is 8.91. The van der Waals surface area contributed by atoms with E-state index >= 15 is 0 Å². The molecule has 0 radical (unpaired) electrons. The number of hydrogen-bond donors (Lipinski definition) is 2. The fourth-order valence-corrected chi connectivity index (χ4v) is 0.595. The first-order chi connectivity index (χ1) is 5.00. The molecule has 0 aromatic carbocycles. The molecule has 0 saturated carbocycles. The average molecular weight is 166 g/mol. The van der Waals surface area contributed by atoms with Crippen LogP contribution in [-0.4, -0.2) is 22.0 Å². The number of carboxylic acids is 1. The SMILES string of the molecule is C=CCCCC(O)(O)C(=O)[O-].[Li+]. The summed E-state index contributed by atoms with van der Waals surface area (Å²) >= 11 is 0. The summed E-state index contributed by atoms with van der Waals surface area (Å²) in [5.74, 6) is -4.55. The van der Waals surface area contributed by atoms with Crippen molar-refractivity contribution < 1.29 is 39.0 Å². The van der Waals surface area contributed by atoms with E-state index in [0.717, 1.165) is 0 Å². The quantitative estimate of drug-likeness (QED) is 0.188. The molecule has 4 nitrogen and oxygen atoms in total.